The van der Waals surface area contributed by atoms with Crippen LogP contribution in [0.5, 0.6) is 0 Å². The molecule has 0 spiro atoms. The van der Waals surface area contributed by atoms with E-state index in [0.29, 0.717) is 23.6 Å². The summed E-state index contributed by atoms with van der Waals surface area (Å²) in [7, 11) is 0. The van der Waals surface area contributed by atoms with Gasteiger partial charge in [0.15, 0.2) is 0 Å². The molecule has 0 bridgehead atoms. The zero-order chi connectivity index (χ0) is 18.6. The maximum Gasteiger partial charge on any atom is 0.325 e. The Kier molecular flexibility index (Phi) is 5.63. The van der Waals surface area contributed by atoms with Gasteiger partial charge in [-0.25, -0.2) is 9.59 Å². The first-order valence-electron chi connectivity index (χ1n) is 7.75. The summed E-state index contributed by atoms with van der Waals surface area (Å²) in [6, 6.07) is 5.10. The van der Waals surface area contributed by atoms with Crippen LogP contribution in [0.1, 0.15) is 25.8 Å². The Morgan fingerprint density at radius 2 is 1.88 bits per heavy atom. The molecule has 1 saturated heterocycles. The van der Waals surface area contributed by atoms with Crippen LogP contribution in [0.4, 0.5) is 9.59 Å². The van der Waals surface area contributed by atoms with Crippen LogP contribution in [0.25, 0.3) is 0 Å². The second-order valence-electron chi connectivity index (χ2n) is 5.76. The molecule has 1 aromatic rings. The molecule has 25 heavy (non-hydrogen) atoms. The molecule has 6 amide bonds. The van der Waals surface area contributed by atoms with Crippen molar-refractivity contribution in [3.05, 3.63) is 34.9 Å². The molecular weight excluding hydrogens is 348 g/mol. The minimum Gasteiger partial charge on any atom is -0.338 e. The lowest BCUT2D eigenvalue weighted by atomic mass is 9.92. The Morgan fingerprint density at radius 1 is 1.24 bits per heavy atom. The fraction of sp³-hybridized carbons (Fsp3) is 0.375. The van der Waals surface area contributed by atoms with Gasteiger partial charge in [0.05, 0.1) is 0 Å². The third kappa shape index (κ3) is 4.08. The molecular formula is C16H19ClN4O4. The zero-order valence-electron chi connectivity index (χ0n) is 13.9. The normalized spacial score (nSPS) is 19.6. The second kappa shape index (κ2) is 7.52. The average molecular weight is 367 g/mol. The van der Waals surface area contributed by atoms with Crippen LogP contribution in [0, 0.1) is 0 Å². The van der Waals surface area contributed by atoms with Crippen molar-refractivity contribution >= 4 is 35.5 Å². The van der Waals surface area contributed by atoms with Gasteiger partial charge in [0, 0.05) is 11.6 Å². The molecule has 0 aromatic heterocycles. The van der Waals surface area contributed by atoms with Crippen molar-refractivity contribution in [3.8, 4) is 0 Å². The summed E-state index contributed by atoms with van der Waals surface area (Å²) < 4.78 is 0. The van der Waals surface area contributed by atoms with Crippen molar-refractivity contribution in [2.24, 2.45) is 0 Å². The molecule has 1 heterocycles. The first-order chi connectivity index (χ1) is 11.8. The summed E-state index contributed by atoms with van der Waals surface area (Å²) in [6.07, 6.45) is 0.716. The van der Waals surface area contributed by atoms with E-state index in [9.17, 15) is 19.2 Å². The molecule has 1 fully saturated rings. The van der Waals surface area contributed by atoms with Crippen LogP contribution >= 0.6 is 11.6 Å². The fourth-order valence-electron chi connectivity index (χ4n) is 2.41. The van der Waals surface area contributed by atoms with Crippen molar-refractivity contribution < 1.29 is 19.2 Å². The van der Waals surface area contributed by atoms with Crippen molar-refractivity contribution in [3.63, 3.8) is 0 Å². The molecule has 1 aliphatic rings. The summed E-state index contributed by atoms with van der Waals surface area (Å²) >= 11 is 5.84. The number of halogens is 1. The minimum absolute atomic E-state index is 0.414. The maximum atomic E-state index is 12.6. The molecule has 0 unspecified atom stereocenters. The number of benzene rings is 1. The second-order valence-corrected chi connectivity index (χ2v) is 6.19. The van der Waals surface area contributed by atoms with E-state index < -0.39 is 36.0 Å². The van der Waals surface area contributed by atoms with E-state index in [0.717, 1.165) is 4.90 Å². The predicted molar refractivity (Wildman–Crippen MR) is 90.9 cm³/mol. The van der Waals surface area contributed by atoms with Gasteiger partial charge in [0.2, 0.25) is 5.91 Å². The SMILES string of the molecule is CCCNC(=O)NC(=O)CN1C(=O)N[C@@](C)(c2ccc(Cl)cc2)C1=O. The molecule has 2 rings (SSSR count). The quantitative estimate of drug-likeness (QED) is 0.683. The Morgan fingerprint density at radius 3 is 2.48 bits per heavy atom. The van der Waals surface area contributed by atoms with Gasteiger partial charge in [-0.15, -0.1) is 0 Å². The Hall–Kier alpha value is -2.61. The number of amides is 6. The molecule has 134 valence electrons. The van der Waals surface area contributed by atoms with Crippen LogP contribution < -0.4 is 16.0 Å². The Balaban J connectivity index is 2.07. The monoisotopic (exact) mass is 366 g/mol. The molecule has 8 nitrogen and oxygen atoms in total. The van der Waals surface area contributed by atoms with E-state index in [-0.39, 0.29) is 0 Å². The average Bonchev–Trinajstić information content (AvgIpc) is 2.77. The number of carbonyl (C=O) groups is 4. The summed E-state index contributed by atoms with van der Waals surface area (Å²) in [4.78, 5) is 48.9. The smallest absolute Gasteiger partial charge is 0.325 e. The van der Waals surface area contributed by atoms with Crippen LogP contribution in [0.3, 0.4) is 0 Å². The van der Waals surface area contributed by atoms with Gasteiger partial charge in [-0.05, 0) is 31.0 Å². The lowest BCUT2D eigenvalue weighted by Crippen LogP contribution is -2.47. The zero-order valence-corrected chi connectivity index (χ0v) is 14.6. The van der Waals surface area contributed by atoms with E-state index in [1.54, 1.807) is 31.2 Å². The number of nitrogens with zero attached hydrogens (tertiary/aromatic N) is 1. The first kappa shape index (κ1) is 18.7. The number of nitrogens with one attached hydrogen (secondary N) is 3. The third-order valence-electron chi connectivity index (χ3n) is 3.79. The van der Waals surface area contributed by atoms with Gasteiger partial charge in [0.1, 0.15) is 12.1 Å². The minimum atomic E-state index is -1.30. The summed E-state index contributed by atoms with van der Waals surface area (Å²) in [5.74, 6) is -1.33. The van der Waals surface area contributed by atoms with E-state index in [2.05, 4.69) is 16.0 Å². The van der Waals surface area contributed by atoms with Crippen LogP contribution in [-0.2, 0) is 15.1 Å². The van der Waals surface area contributed by atoms with Crippen molar-refractivity contribution in [1.82, 2.24) is 20.9 Å². The van der Waals surface area contributed by atoms with Gasteiger partial charge in [-0.1, -0.05) is 30.7 Å². The van der Waals surface area contributed by atoms with E-state index in [1.807, 2.05) is 6.92 Å². The first-order valence-corrected chi connectivity index (χ1v) is 8.13. The Bertz CT molecular complexity index is 707. The van der Waals surface area contributed by atoms with Crippen molar-refractivity contribution in [2.75, 3.05) is 13.1 Å². The van der Waals surface area contributed by atoms with Crippen molar-refractivity contribution in [2.45, 2.75) is 25.8 Å². The van der Waals surface area contributed by atoms with Crippen LogP contribution in [0.15, 0.2) is 24.3 Å². The van der Waals surface area contributed by atoms with E-state index in [1.165, 1.54) is 0 Å². The number of hydrogen-bond donors (Lipinski definition) is 3. The molecule has 9 heteroatoms. The molecule has 3 N–H and O–H groups in total. The molecule has 0 aliphatic carbocycles. The number of rotatable bonds is 5. The van der Waals surface area contributed by atoms with Gasteiger partial charge < -0.3 is 10.6 Å². The van der Waals surface area contributed by atoms with Gasteiger partial charge >= 0.3 is 12.1 Å². The van der Waals surface area contributed by atoms with E-state index in [4.69, 9.17) is 11.6 Å². The van der Waals surface area contributed by atoms with Gasteiger partial charge in [-0.3, -0.25) is 19.8 Å². The topological polar surface area (TPSA) is 108 Å². The van der Waals surface area contributed by atoms with E-state index >= 15 is 0 Å². The molecule has 1 aliphatic heterocycles. The fourth-order valence-corrected chi connectivity index (χ4v) is 2.54. The standard InChI is InChI=1S/C16H19ClN4O4/c1-3-8-18-14(24)19-12(22)9-21-13(23)16(2,20-15(21)25)10-4-6-11(17)7-5-10/h4-7H,3,8-9H2,1-2H3,(H,20,25)(H2,18,19,22,24)/t16-/m0/s1. The number of imide groups is 2. The van der Waals surface area contributed by atoms with Crippen LogP contribution in [-0.4, -0.2) is 41.9 Å². The summed E-state index contributed by atoms with van der Waals surface area (Å²) in [5.41, 5.74) is -0.759. The highest BCUT2D eigenvalue weighted by molar-refractivity contribution is 6.30. The number of urea groups is 2. The Labute approximate surface area is 149 Å². The lowest BCUT2D eigenvalue weighted by molar-refractivity contribution is -0.134. The van der Waals surface area contributed by atoms with Gasteiger partial charge in [0.25, 0.3) is 5.91 Å². The molecule has 1 aromatic carbocycles. The van der Waals surface area contributed by atoms with Gasteiger partial charge in [-0.2, -0.15) is 0 Å². The predicted octanol–water partition coefficient (Wildman–Crippen LogP) is 1.34. The van der Waals surface area contributed by atoms with Crippen molar-refractivity contribution in [1.29, 1.82) is 0 Å². The van der Waals surface area contributed by atoms with Crippen LogP contribution in [0.2, 0.25) is 5.02 Å². The molecule has 0 radical (unpaired) electrons. The molecule has 1 atom stereocenters. The highest BCUT2D eigenvalue weighted by Gasteiger charge is 2.49. The number of hydrogen-bond acceptors (Lipinski definition) is 4. The molecule has 0 saturated carbocycles. The highest BCUT2D eigenvalue weighted by atomic mass is 35.5. The largest absolute Gasteiger partial charge is 0.338 e. The number of carbonyl (C=O) groups excluding carboxylic acids is 4. The summed E-state index contributed by atoms with van der Waals surface area (Å²) in [6.45, 7) is 3.28. The third-order valence-corrected chi connectivity index (χ3v) is 4.04. The highest BCUT2D eigenvalue weighted by Crippen LogP contribution is 2.29. The maximum absolute atomic E-state index is 12.6. The summed E-state index contributed by atoms with van der Waals surface area (Å²) in [5, 5.41) is 7.62. The lowest BCUT2D eigenvalue weighted by Gasteiger charge is -2.22.